The molecule has 3 aromatic rings. The molecule has 148 valence electrons. The number of esters is 1. The first kappa shape index (κ1) is 18.7. The van der Waals surface area contributed by atoms with Gasteiger partial charge in [-0.15, -0.1) is 0 Å². The molecule has 0 saturated carbocycles. The topological polar surface area (TPSA) is 108 Å². The highest BCUT2D eigenvalue weighted by Crippen LogP contribution is 2.17. The zero-order chi connectivity index (χ0) is 20.2. The van der Waals surface area contributed by atoms with Crippen molar-refractivity contribution in [3.63, 3.8) is 0 Å². The lowest BCUT2D eigenvalue weighted by molar-refractivity contribution is 0.0469. The van der Waals surface area contributed by atoms with Gasteiger partial charge in [-0.1, -0.05) is 30.3 Å². The van der Waals surface area contributed by atoms with E-state index in [4.69, 9.17) is 4.74 Å². The van der Waals surface area contributed by atoms with Crippen molar-refractivity contribution >= 4 is 17.7 Å². The molecule has 0 radical (unpaired) electrons. The van der Waals surface area contributed by atoms with E-state index in [1.807, 2.05) is 30.3 Å². The van der Waals surface area contributed by atoms with Crippen molar-refractivity contribution in [1.29, 1.82) is 0 Å². The van der Waals surface area contributed by atoms with Crippen molar-refractivity contribution in [2.24, 2.45) is 0 Å². The number of likely N-dealkylation sites (tertiary alicyclic amines) is 1. The Morgan fingerprint density at radius 3 is 2.55 bits per heavy atom. The number of aromatic amines is 2. The number of carbonyl (C=O) groups is 3. The molecule has 4 rings (SSSR count). The van der Waals surface area contributed by atoms with Crippen LogP contribution >= 0.6 is 0 Å². The molecular weight excluding hydrogens is 372 g/mol. The Labute approximate surface area is 166 Å². The van der Waals surface area contributed by atoms with Crippen LogP contribution in [0.15, 0.2) is 48.7 Å². The summed E-state index contributed by atoms with van der Waals surface area (Å²) in [5.41, 5.74) is 2.30. The van der Waals surface area contributed by atoms with E-state index < -0.39 is 18.4 Å². The van der Waals surface area contributed by atoms with Crippen molar-refractivity contribution in [3.8, 4) is 11.3 Å². The van der Waals surface area contributed by atoms with Gasteiger partial charge in [0.25, 0.3) is 5.91 Å². The fourth-order valence-electron chi connectivity index (χ4n) is 3.24. The van der Waals surface area contributed by atoms with Crippen LogP contribution in [0.1, 0.15) is 44.2 Å². The quantitative estimate of drug-likeness (QED) is 0.495. The first-order valence-electron chi connectivity index (χ1n) is 9.40. The molecule has 0 unspecified atom stereocenters. The summed E-state index contributed by atoms with van der Waals surface area (Å²) in [6.07, 6.45) is 3.45. The number of hydrogen-bond donors (Lipinski definition) is 2. The molecule has 0 atom stereocenters. The molecule has 0 aliphatic carbocycles. The maximum Gasteiger partial charge on any atom is 0.356 e. The highest BCUT2D eigenvalue weighted by Gasteiger charge is 2.22. The van der Waals surface area contributed by atoms with Gasteiger partial charge in [0.1, 0.15) is 11.4 Å². The molecule has 2 aromatic heterocycles. The maximum atomic E-state index is 12.3. The van der Waals surface area contributed by atoms with Crippen molar-refractivity contribution in [2.75, 3.05) is 19.7 Å². The minimum atomic E-state index is -0.670. The molecule has 1 aliphatic heterocycles. The number of amides is 1. The summed E-state index contributed by atoms with van der Waals surface area (Å²) in [7, 11) is 0. The van der Waals surface area contributed by atoms with Gasteiger partial charge in [-0.05, 0) is 25.0 Å². The Kier molecular flexibility index (Phi) is 5.24. The van der Waals surface area contributed by atoms with Crippen LogP contribution < -0.4 is 0 Å². The number of rotatable bonds is 6. The van der Waals surface area contributed by atoms with Gasteiger partial charge in [0.15, 0.2) is 6.61 Å². The predicted molar refractivity (Wildman–Crippen MR) is 105 cm³/mol. The average Bonchev–Trinajstić information content (AvgIpc) is 3.52. The fourth-order valence-corrected chi connectivity index (χ4v) is 3.24. The smallest absolute Gasteiger partial charge is 0.356 e. The molecule has 1 aliphatic rings. The standard InChI is InChI=1S/C21H20N4O4/c26-19(15-10-17(22-12-15)20(27)25-8-4-5-9-25)13-29-21(28)18-11-16(23-24-18)14-6-2-1-3-7-14/h1-3,6-7,10-12,22H,4-5,8-9,13H2,(H,23,24). The van der Waals surface area contributed by atoms with Gasteiger partial charge in [0, 0.05) is 30.4 Å². The zero-order valence-electron chi connectivity index (χ0n) is 15.7. The summed E-state index contributed by atoms with van der Waals surface area (Å²) in [6, 6.07) is 12.5. The molecule has 8 heteroatoms. The largest absolute Gasteiger partial charge is 0.453 e. The van der Waals surface area contributed by atoms with Crippen LogP contribution in [-0.4, -0.2) is 57.4 Å². The van der Waals surface area contributed by atoms with Gasteiger partial charge in [-0.2, -0.15) is 5.10 Å². The van der Waals surface area contributed by atoms with E-state index in [1.165, 1.54) is 12.3 Å². The molecule has 3 heterocycles. The number of carbonyl (C=O) groups excluding carboxylic acids is 3. The van der Waals surface area contributed by atoms with Gasteiger partial charge in [0.05, 0.1) is 5.69 Å². The lowest BCUT2D eigenvalue weighted by atomic mass is 10.1. The number of hydrogen-bond acceptors (Lipinski definition) is 5. The fraction of sp³-hybridized carbons (Fsp3) is 0.238. The summed E-state index contributed by atoms with van der Waals surface area (Å²) in [5.74, 6) is -1.18. The second-order valence-corrected chi connectivity index (χ2v) is 6.83. The van der Waals surface area contributed by atoms with Crippen molar-refractivity contribution in [2.45, 2.75) is 12.8 Å². The first-order valence-corrected chi connectivity index (χ1v) is 9.40. The highest BCUT2D eigenvalue weighted by atomic mass is 16.5. The normalized spacial score (nSPS) is 13.4. The number of H-pyrrole nitrogens is 2. The van der Waals surface area contributed by atoms with Gasteiger partial charge in [-0.3, -0.25) is 14.7 Å². The third kappa shape index (κ3) is 4.11. The summed E-state index contributed by atoms with van der Waals surface area (Å²) in [5, 5.41) is 6.72. The summed E-state index contributed by atoms with van der Waals surface area (Å²) < 4.78 is 5.09. The Balaban J connectivity index is 1.34. The molecule has 1 fully saturated rings. The van der Waals surface area contributed by atoms with E-state index in [2.05, 4.69) is 15.2 Å². The molecule has 1 aromatic carbocycles. The van der Waals surface area contributed by atoms with Gasteiger partial charge < -0.3 is 14.6 Å². The molecule has 1 saturated heterocycles. The predicted octanol–water partition coefficient (Wildman–Crippen LogP) is 2.68. The molecule has 2 N–H and O–H groups in total. The lowest BCUT2D eigenvalue weighted by Gasteiger charge is -2.13. The van der Waals surface area contributed by atoms with E-state index in [0.29, 0.717) is 17.0 Å². The minimum absolute atomic E-state index is 0.121. The first-order chi connectivity index (χ1) is 14.1. The van der Waals surface area contributed by atoms with Gasteiger partial charge in [-0.25, -0.2) is 4.79 Å². The van der Waals surface area contributed by atoms with Crippen molar-refractivity contribution in [3.05, 3.63) is 65.6 Å². The zero-order valence-corrected chi connectivity index (χ0v) is 15.7. The average molecular weight is 392 g/mol. The Morgan fingerprint density at radius 1 is 1.03 bits per heavy atom. The van der Waals surface area contributed by atoms with Crippen LogP contribution in [0.2, 0.25) is 0 Å². The van der Waals surface area contributed by atoms with E-state index in [1.54, 1.807) is 11.0 Å². The van der Waals surface area contributed by atoms with Crippen LogP contribution in [-0.2, 0) is 4.74 Å². The summed E-state index contributed by atoms with van der Waals surface area (Å²) in [4.78, 5) is 41.4. The van der Waals surface area contributed by atoms with E-state index >= 15 is 0 Å². The monoisotopic (exact) mass is 392 g/mol. The third-order valence-corrected chi connectivity index (χ3v) is 4.83. The van der Waals surface area contributed by atoms with Crippen LogP contribution in [0, 0.1) is 0 Å². The molecule has 29 heavy (non-hydrogen) atoms. The number of nitrogens with zero attached hydrogens (tertiary/aromatic N) is 2. The van der Waals surface area contributed by atoms with E-state index in [9.17, 15) is 14.4 Å². The molecular formula is C21H20N4O4. The molecule has 0 spiro atoms. The molecule has 8 nitrogen and oxygen atoms in total. The van der Waals surface area contributed by atoms with Crippen molar-refractivity contribution < 1.29 is 19.1 Å². The lowest BCUT2D eigenvalue weighted by Crippen LogP contribution is -2.27. The number of Topliss-reactive ketones (excluding diaryl/α,β-unsaturated/α-hetero) is 1. The van der Waals surface area contributed by atoms with Crippen LogP contribution in [0.25, 0.3) is 11.3 Å². The Morgan fingerprint density at radius 2 is 1.79 bits per heavy atom. The summed E-state index contributed by atoms with van der Waals surface area (Å²) >= 11 is 0. The van der Waals surface area contributed by atoms with Crippen LogP contribution in [0.4, 0.5) is 0 Å². The third-order valence-electron chi connectivity index (χ3n) is 4.83. The Hall–Kier alpha value is -3.68. The molecule has 1 amide bonds. The van der Waals surface area contributed by atoms with Crippen molar-refractivity contribution in [1.82, 2.24) is 20.1 Å². The SMILES string of the molecule is O=C(COC(=O)c1cc(-c2ccccc2)n[nH]1)c1c[nH]c(C(=O)N2CCCC2)c1. The number of ether oxygens (including phenoxy) is 1. The van der Waals surface area contributed by atoms with Gasteiger partial charge in [0.2, 0.25) is 5.78 Å². The maximum absolute atomic E-state index is 12.3. The van der Waals surface area contributed by atoms with Gasteiger partial charge >= 0.3 is 5.97 Å². The summed E-state index contributed by atoms with van der Waals surface area (Å²) in [6.45, 7) is 1.04. The van der Waals surface area contributed by atoms with E-state index in [-0.39, 0.29) is 11.6 Å². The number of benzene rings is 1. The number of aromatic nitrogens is 3. The van der Waals surface area contributed by atoms with Crippen LogP contribution in [0.3, 0.4) is 0 Å². The number of ketones is 1. The Bertz CT molecular complexity index is 1030. The minimum Gasteiger partial charge on any atom is -0.453 e. The van der Waals surface area contributed by atoms with E-state index in [0.717, 1.165) is 31.5 Å². The van der Waals surface area contributed by atoms with Crippen LogP contribution in [0.5, 0.6) is 0 Å². The second-order valence-electron chi connectivity index (χ2n) is 6.83. The second kappa shape index (κ2) is 8.14. The highest BCUT2D eigenvalue weighted by molar-refractivity contribution is 6.02. The number of nitrogens with one attached hydrogen (secondary N) is 2. The molecule has 0 bridgehead atoms.